The van der Waals surface area contributed by atoms with Crippen LogP contribution in [0.3, 0.4) is 0 Å². The predicted octanol–water partition coefficient (Wildman–Crippen LogP) is 4.51. The SMILES string of the molecule is FC(F)(F)Oc1ccc(-c2ccnc(N3C=C(c4ccccc4)SC3[AsH2])n2)cc1. The number of alkyl halides is 3. The van der Waals surface area contributed by atoms with Gasteiger partial charge in [-0.25, -0.2) is 0 Å². The van der Waals surface area contributed by atoms with E-state index < -0.39 is 6.36 Å². The molecular weight excluding hydrogens is 462 g/mol. The van der Waals surface area contributed by atoms with E-state index in [1.807, 2.05) is 29.3 Å². The van der Waals surface area contributed by atoms with Gasteiger partial charge >= 0.3 is 178 Å². The molecule has 0 amide bonds. The van der Waals surface area contributed by atoms with Gasteiger partial charge in [-0.05, 0) is 0 Å². The van der Waals surface area contributed by atoms with Gasteiger partial charge in [-0.1, -0.05) is 0 Å². The van der Waals surface area contributed by atoms with E-state index in [-0.39, 0.29) is 9.91 Å². The zero-order valence-corrected chi connectivity index (χ0v) is 18.1. The van der Waals surface area contributed by atoms with Gasteiger partial charge in [-0.3, -0.25) is 0 Å². The van der Waals surface area contributed by atoms with Crippen LogP contribution >= 0.6 is 11.8 Å². The molecule has 1 aliphatic rings. The summed E-state index contributed by atoms with van der Waals surface area (Å²) in [6, 6.07) is 17.5. The van der Waals surface area contributed by atoms with Crippen LogP contribution in [0.1, 0.15) is 5.56 Å². The Hall–Kier alpha value is -2.44. The van der Waals surface area contributed by atoms with Crippen molar-refractivity contribution in [3.8, 4) is 17.0 Å². The molecule has 1 aliphatic heterocycles. The van der Waals surface area contributed by atoms with E-state index in [4.69, 9.17) is 0 Å². The molecule has 2 heterocycles. The molecule has 0 saturated heterocycles. The molecule has 0 bridgehead atoms. The maximum atomic E-state index is 12.3. The Labute approximate surface area is 178 Å². The Kier molecular flexibility index (Phi) is 5.56. The topological polar surface area (TPSA) is 38.2 Å². The third-order valence-electron chi connectivity index (χ3n) is 4.09. The fraction of sp³-hybridized carbons (Fsp3) is 0.100. The van der Waals surface area contributed by atoms with Gasteiger partial charge in [0.25, 0.3) is 0 Å². The monoisotopic (exact) mass is 477 g/mol. The van der Waals surface area contributed by atoms with E-state index in [1.54, 1.807) is 53.0 Å². The van der Waals surface area contributed by atoms with Crippen molar-refractivity contribution in [2.24, 2.45) is 0 Å². The van der Waals surface area contributed by atoms with Gasteiger partial charge in [0.05, 0.1) is 0 Å². The van der Waals surface area contributed by atoms with Crippen molar-refractivity contribution in [1.29, 1.82) is 0 Å². The summed E-state index contributed by atoms with van der Waals surface area (Å²) in [7, 11) is 0. The van der Waals surface area contributed by atoms with Crippen molar-refractivity contribution < 1.29 is 17.9 Å². The van der Waals surface area contributed by atoms with Crippen molar-refractivity contribution in [2.45, 2.75) is 10.5 Å². The summed E-state index contributed by atoms with van der Waals surface area (Å²) in [4.78, 5) is 12.1. The molecule has 2 unspecified atom stereocenters. The molecule has 0 saturated carbocycles. The van der Waals surface area contributed by atoms with Crippen LogP contribution in [0.15, 0.2) is 73.1 Å². The third-order valence-corrected chi connectivity index (χ3v) is 6.69. The zero-order chi connectivity index (χ0) is 20.4. The number of ether oxygens (including phenoxy) is 1. The predicted molar refractivity (Wildman–Crippen MR) is 111 cm³/mol. The van der Waals surface area contributed by atoms with Crippen LogP contribution in [0, 0.1) is 0 Å². The molecule has 2 aromatic carbocycles. The first-order chi connectivity index (χ1) is 13.9. The summed E-state index contributed by atoms with van der Waals surface area (Å²) in [5.41, 5.74) is 2.44. The van der Waals surface area contributed by atoms with Crippen LogP contribution < -0.4 is 9.64 Å². The number of rotatable bonds is 4. The number of anilines is 1. The molecule has 148 valence electrons. The number of hydrogen-bond donors (Lipinski definition) is 0. The van der Waals surface area contributed by atoms with Crippen LogP contribution in [0.2, 0.25) is 0 Å². The van der Waals surface area contributed by atoms with Crippen LogP contribution in [-0.4, -0.2) is 37.3 Å². The van der Waals surface area contributed by atoms with Crippen molar-refractivity contribution in [3.63, 3.8) is 0 Å². The van der Waals surface area contributed by atoms with Gasteiger partial charge in [-0.2, -0.15) is 0 Å². The Morgan fingerprint density at radius 1 is 0.966 bits per heavy atom. The van der Waals surface area contributed by atoms with Crippen molar-refractivity contribution in [2.75, 3.05) is 4.90 Å². The van der Waals surface area contributed by atoms with Gasteiger partial charge in [0, 0.05) is 0 Å². The first-order valence-corrected chi connectivity index (χ1v) is 10.8. The van der Waals surface area contributed by atoms with Crippen LogP contribution in [0.5, 0.6) is 5.75 Å². The Morgan fingerprint density at radius 2 is 1.69 bits per heavy atom. The molecule has 0 N–H and O–H groups in total. The van der Waals surface area contributed by atoms with Crippen molar-refractivity contribution >= 4 is 39.5 Å². The van der Waals surface area contributed by atoms with Gasteiger partial charge in [0.2, 0.25) is 0 Å². The van der Waals surface area contributed by atoms with E-state index in [0.29, 0.717) is 17.2 Å². The number of aromatic nitrogens is 2. The fourth-order valence-corrected chi connectivity index (χ4v) is 5.15. The first kappa shape index (κ1) is 19.9. The molecule has 4 nitrogen and oxygen atoms in total. The quantitative estimate of drug-likeness (QED) is 0.518. The molecule has 0 spiro atoms. The van der Waals surface area contributed by atoms with E-state index in [0.717, 1.165) is 10.5 Å². The van der Waals surface area contributed by atoms with Gasteiger partial charge < -0.3 is 0 Å². The molecule has 2 atom stereocenters. The summed E-state index contributed by atoms with van der Waals surface area (Å²) >= 11 is 3.29. The van der Waals surface area contributed by atoms with Crippen molar-refractivity contribution in [3.05, 3.63) is 78.6 Å². The standard InChI is InChI=1S/C20H15AsF3N3OS/c21-18-27(12-17(29-18)14-4-2-1-3-5-14)19-25-11-10-16(26-19)13-6-8-15(9-7-13)28-20(22,23)24/h1-12,18H,21H2. The first-order valence-electron chi connectivity index (χ1n) is 8.56. The number of nitrogens with zero attached hydrogens (tertiary/aromatic N) is 3. The van der Waals surface area contributed by atoms with Gasteiger partial charge in [0.15, 0.2) is 0 Å². The minimum atomic E-state index is -4.71. The second-order valence-electron chi connectivity index (χ2n) is 6.09. The van der Waals surface area contributed by atoms with Crippen LogP contribution in [0.4, 0.5) is 19.1 Å². The van der Waals surface area contributed by atoms with E-state index in [2.05, 4.69) is 26.8 Å². The second kappa shape index (κ2) is 8.12. The second-order valence-corrected chi connectivity index (χ2v) is 9.59. The number of benzene rings is 2. The average molecular weight is 477 g/mol. The van der Waals surface area contributed by atoms with E-state index in [1.165, 1.54) is 12.1 Å². The normalized spacial score (nSPS) is 16.6. The molecular formula is C20H15AsF3N3OS. The van der Waals surface area contributed by atoms with E-state index in [9.17, 15) is 13.2 Å². The summed E-state index contributed by atoms with van der Waals surface area (Å²) in [5, 5.41) is 0. The Balaban J connectivity index is 1.58. The summed E-state index contributed by atoms with van der Waals surface area (Å²) in [6.07, 6.45) is -1.03. The third kappa shape index (κ3) is 4.77. The summed E-state index contributed by atoms with van der Waals surface area (Å²) < 4.78 is 41.1. The Bertz CT molecular complexity index is 1030. The summed E-state index contributed by atoms with van der Waals surface area (Å²) in [6.45, 7) is 0. The number of hydrogen-bond acceptors (Lipinski definition) is 5. The zero-order valence-electron chi connectivity index (χ0n) is 14.9. The summed E-state index contributed by atoms with van der Waals surface area (Å²) in [5.74, 6) is 0.282. The molecule has 0 aliphatic carbocycles. The van der Waals surface area contributed by atoms with Gasteiger partial charge in [-0.15, -0.1) is 0 Å². The van der Waals surface area contributed by atoms with Crippen molar-refractivity contribution in [1.82, 2.24) is 9.97 Å². The minimum absolute atomic E-state index is 0.176. The maximum absolute atomic E-state index is 12.3. The Morgan fingerprint density at radius 3 is 2.38 bits per heavy atom. The molecule has 0 radical (unpaired) electrons. The molecule has 0 fully saturated rings. The molecule has 4 rings (SSSR count). The number of thioether (sulfide) groups is 1. The van der Waals surface area contributed by atoms with Crippen LogP contribution in [0.25, 0.3) is 16.2 Å². The molecule has 9 heteroatoms. The fourth-order valence-electron chi connectivity index (χ4n) is 2.79. The molecule has 29 heavy (non-hydrogen) atoms. The molecule has 1 aromatic heterocycles. The van der Waals surface area contributed by atoms with E-state index >= 15 is 0 Å². The number of halogens is 3. The van der Waals surface area contributed by atoms with Crippen LogP contribution in [-0.2, 0) is 0 Å². The van der Waals surface area contributed by atoms with Gasteiger partial charge in [0.1, 0.15) is 0 Å². The average Bonchev–Trinajstić information content (AvgIpc) is 3.10. The molecule has 3 aromatic rings.